The van der Waals surface area contributed by atoms with E-state index in [1.54, 1.807) is 24.3 Å². The Kier molecular flexibility index (Phi) is 5.39. The molecule has 6 heteroatoms. The van der Waals surface area contributed by atoms with Gasteiger partial charge in [0.1, 0.15) is 11.5 Å². The van der Waals surface area contributed by atoms with E-state index in [2.05, 4.69) is 4.99 Å². The van der Waals surface area contributed by atoms with Crippen LogP contribution in [0, 0.1) is 0 Å². The van der Waals surface area contributed by atoms with E-state index in [1.807, 2.05) is 6.92 Å². The number of aromatic hydroxyl groups is 1. The topological polar surface area (TPSA) is 76.0 Å². The van der Waals surface area contributed by atoms with Gasteiger partial charge in [-0.1, -0.05) is 13.0 Å². The Labute approximate surface area is 136 Å². The van der Waals surface area contributed by atoms with Crippen LogP contribution >= 0.6 is 0 Å². The maximum atomic E-state index is 11.5. The molecule has 0 saturated heterocycles. The molecule has 0 radical (unpaired) electrons. The molecule has 0 unspecified atom stereocenters. The van der Waals surface area contributed by atoms with E-state index in [4.69, 9.17) is 4.74 Å². The Bertz CT molecular complexity index is 813. The SMILES string of the molecule is CCCOc1ccc(C=Nc2cccc(S(C)(=O)=O)c2)c(O)c1. The molecule has 0 bridgehead atoms. The number of sulfone groups is 1. The van der Waals surface area contributed by atoms with Crippen LogP contribution in [0.4, 0.5) is 5.69 Å². The van der Waals surface area contributed by atoms with Gasteiger partial charge >= 0.3 is 0 Å². The van der Waals surface area contributed by atoms with Crippen LogP contribution in [0.15, 0.2) is 52.4 Å². The molecule has 0 fully saturated rings. The minimum absolute atomic E-state index is 0.0571. The van der Waals surface area contributed by atoms with Crippen molar-refractivity contribution in [1.82, 2.24) is 0 Å². The zero-order valence-corrected chi connectivity index (χ0v) is 13.9. The van der Waals surface area contributed by atoms with Crippen LogP contribution in [-0.2, 0) is 9.84 Å². The molecule has 0 aliphatic carbocycles. The highest BCUT2D eigenvalue weighted by Gasteiger charge is 2.07. The van der Waals surface area contributed by atoms with Crippen molar-refractivity contribution in [1.29, 1.82) is 0 Å². The van der Waals surface area contributed by atoms with E-state index >= 15 is 0 Å². The van der Waals surface area contributed by atoms with Crippen LogP contribution < -0.4 is 4.74 Å². The number of hydrogen-bond donors (Lipinski definition) is 1. The molecular formula is C17H19NO4S. The minimum atomic E-state index is -3.27. The molecule has 0 atom stereocenters. The summed E-state index contributed by atoms with van der Waals surface area (Å²) in [5.74, 6) is 0.655. The first kappa shape index (κ1) is 17.0. The average Bonchev–Trinajstić information content (AvgIpc) is 2.51. The summed E-state index contributed by atoms with van der Waals surface area (Å²) in [6.07, 6.45) is 3.53. The lowest BCUT2D eigenvalue weighted by Gasteiger charge is -2.06. The number of ether oxygens (including phenoxy) is 1. The summed E-state index contributed by atoms with van der Waals surface area (Å²) in [4.78, 5) is 4.42. The van der Waals surface area contributed by atoms with Gasteiger partial charge in [0.25, 0.3) is 0 Å². The van der Waals surface area contributed by atoms with Crippen LogP contribution in [0.25, 0.3) is 0 Å². The van der Waals surface area contributed by atoms with E-state index in [0.29, 0.717) is 23.6 Å². The largest absolute Gasteiger partial charge is 0.507 e. The van der Waals surface area contributed by atoms with E-state index in [9.17, 15) is 13.5 Å². The summed E-state index contributed by atoms with van der Waals surface area (Å²) in [6, 6.07) is 11.3. The quantitative estimate of drug-likeness (QED) is 0.823. The predicted octanol–water partition coefficient (Wildman–Crippen LogP) is 3.34. The lowest BCUT2D eigenvalue weighted by molar-refractivity contribution is 0.315. The highest BCUT2D eigenvalue weighted by atomic mass is 32.2. The van der Waals surface area contributed by atoms with Gasteiger partial charge in [0, 0.05) is 24.1 Å². The fourth-order valence-electron chi connectivity index (χ4n) is 1.88. The van der Waals surface area contributed by atoms with Gasteiger partial charge in [0.2, 0.25) is 0 Å². The third-order valence-electron chi connectivity index (χ3n) is 3.07. The van der Waals surface area contributed by atoms with Gasteiger partial charge in [-0.2, -0.15) is 0 Å². The van der Waals surface area contributed by atoms with Crippen molar-refractivity contribution in [3.8, 4) is 11.5 Å². The Morgan fingerprint density at radius 3 is 2.65 bits per heavy atom. The second-order valence-corrected chi connectivity index (χ2v) is 7.11. The molecule has 2 aromatic rings. The summed E-state index contributed by atoms with van der Waals surface area (Å²) >= 11 is 0. The highest BCUT2D eigenvalue weighted by molar-refractivity contribution is 7.90. The first-order valence-corrected chi connectivity index (χ1v) is 9.09. The number of hydrogen-bond acceptors (Lipinski definition) is 5. The molecule has 23 heavy (non-hydrogen) atoms. The van der Waals surface area contributed by atoms with Gasteiger partial charge < -0.3 is 9.84 Å². The fourth-order valence-corrected chi connectivity index (χ4v) is 2.54. The number of phenolic OH excluding ortho intramolecular Hbond substituents is 1. The molecule has 0 amide bonds. The van der Waals surface area contributed by atoms with Gasteiger partial charge in [-0.3, -0.25) is 4.99 Å². The maximum absolute atomic E-state index is 11.5. The van der Waals surface area contributed by atoms with Gasteiger partial charge in [0.05, 0.1) is 17.2 Å². The predicted molar refractivity (Wildman–Crippen MR) is 90.7 cm³/mol. The monoisotopic (exact) mass is 333 g/mol. The second-order valence-electron chi connectivity index (χ2n) is 5.10. The summed E-state index contributed by atoms with van der Waals surface area (Å²) < 4.78 is 28.5. The van der Waals surface area contributed by atoms with Crippen LogP contribution in [0.5, 0.6) is 11.5 Å². The van der Waals surface area contributed by atoms with Crippen molar-refractivity contribution in [3.63, 3.8) is 0 Å². The van der Waals surface area contributed by atoms with Crippen molar-refractivity contribution in [2.24, 2.45) is 4.99 Å². The zero-order valence-electron chi connectivity index (χ0n) is 13.1. The van der Waals surface area contributed by atoms with E-state index < -0.39 is 9.84 Å². The van der Waals surface area contributed by atoms with Crippen LogP contribution in [0.1, 0.15) is 18.9 Å². The summed E-state index contributed by atoms with van der Waals surface area (Å²) in [6.45, 7) is 2.59. The van der Waals surface area contributed by atoms with E-state index in [-0.39, 0.29) is 10.6 Å². The lowest BCUT2D eigenvalue weighted by atomic mass is 10.2. The maximum Gasteiger partial charge on any atom is 0.175 e. The van der Waals surface area contributed by atoms with Crippen LogP contribution in [0.2, 0.25) is 0 Å². The summed E-state index contributed by atoms with van der Waals surface area (Å²) in [5.41, 5.74) is 1.03. The Morgan fingerprint density at radius 1 is 1.22 bits per heavy atom. The van der Waals surface area contributed by atoms with Gasteiger partial charge in [-0.25, -0.2) is 8.42 Å². The molecule has 0 aromatic heterocycles. The van der Waals surface area contributed by atoms with Crippen molar-refractivity contribution in [2.75, 3.05) is 12.9 Å². The van der Waals surface area contributed by atoms with E-state index in [1.165, 1.54) is 24.4 Å². The van der Waals surface area contributed by atoms with Crippen molar-refractivity contribution >= 4 is 21.7 Å². The molecule has 5 nitrogen and oxygen atoms in total. The third-order valence-corrected chi connectivity index (χ3v) is 4.18. The van der Waals surface area contributed by atoms with Crippen LogP contribution in [0.3, 0.4) is 0 Å². The lowest BCUT2D eigenvalue weighted by Crippen LogP contribution is -1.96. The van der Waals surface area contributed by atoms with E-state index in [0.717, 1.165) is 12.7 Å². The van der Waals surface area contributed by atoms with Gasteiger partial charge in [0.15, 0.2) is 9.84 Å². The standard InChI is InChI=1S/C17H19NO4S/c1-3-9-22-15-8-7-13(17(19)11-15)12-18-14-5-4-6-16(10-14)23(2,20)21/h4-8,10-12,19H,3,9H2,1-2H3. The molecule has 2 aromatic carbocycles. The molecular weight excluding hydrogens is 314 g/mol. The minimum Gasteiger partial charge on any atom is -0.507 e. The number of aliphatic imine (C=N–C) groups is 1. The molecule has 122 valence electrons. The Balaban J connectivity index is 2.20. The number of phenols is 1. The first-order valence-electron chi connectivity index (χ1n) is 7.20. The van der Waals surface area contributed by atoms with Crippen molar-refractivity contribution in [3.05, 3.63) is 48.0 Å². The molecule has 0 saturated carbocycles. The molecule has 0 aliphatic heterocycles. The molecule has 1 N–H and O–H groups in total. The van der Waals surface area contributed by atoms with Crippen molar-refractivity contribution in [2.45, 2.75) is 18.2 Å². The molecule has 2 rings (SSSR count). The average molecular weight is 333 g/mol. The number of benzene rings is 2. The molecule has 0 spiro atoms. The van der Waals surface area contributed by atoms with Gasteiger partial charge in [-0.05, 0) is 36.8 Å². The Morgan fingerprint density at radius 2 is 2.00 bits per heavy atom. The second kappa shape index (κ2) is 7.28. The number of nitrogens with zero attached hydrogens (tertiary/aromatic N) is 1. The third kappa shape index (κ3) is 4.82. The summed E-state index contributed by atoms with van der Waals surface area (Å²) in [7, 11) is -3.27. The van der Waals surface area contributed by atoms with Crippen LogP contribution in [-0.4, -0.2) is 32.6 Å². The Hall–Kier alpha value is -2.34. The normalized spacial score (nSPS) is 11.7. The summed E-state index contributed by atoms with van der Waals surface area (Å²) in [5, 5.41) is 9.99. The fraction of sp³-hybridized carbons (Fsp3) is 0.235. The first-order chi connectivity index (χ1) is 10.9. The van der Waals surface area contributed by atoms with Crippen molar-refractivity contribution < 1.29 is 18.3 Å². The molecule has 0 heterocycles. The number of rotatable bonds is 6. The molecule has 0 aliphatic rings. The zero-order chi connectivity index (χ0) is 16.9. The highest BCUT2D eigenvalue weighted by Crippen LogP contribution is 2.24. The van der Waals surface area contributed by atoms with Gasteiger partial charge in [-0.15, -0.1) is 0 Å². The smallest absolute Gasteiger partial charge is 0.175 e.